The zero-order chi connectivity index (χ0) is 20.7. The Morgan fingerprint density at radius 3 is 2.32 bits per heavy atom. The molecule has 0 aliphatic carbocycles. The summed E-state index contributed by atoms with van der Waals surface area (Å²) in [6.07, 6.45) is -0.0999. The van der Waals surface area contributed by atoms with Gasteiger partial charge in [-0.1, -0.05) is 6.07 Å². The molecule has 8 nitrogen and oxygen atoms in total. The van der Waals surface area contributed by atoms with Gasteiger partial charge < -0.3 is 0 Å². The third kappa shape index (κ3) is 3.58. The Bertz CT molecular complexity index is 1210. The van der Waals surface area contributed by atoms with Crippen LogP contribution in [0.3, 0.4) is 0 Å². The summed E-state index contributed by atoms with van der Waals surface area (Å²) in [6.45, 7) is 3.06. The van der Waals surface area contributed by atoms with Crippen molar-refractivity contribution in [3.8, 4) is 6.07 Å². The Balaban J connectivity index is 2.03. The van der Waals surface area contributed by atoms with Gasteiger partial charge in [0, 0.05) is 6.42 Å². The average molecular weight is 419 g/mol. The molecule has 1 saturated heterocycles. The Morgan fingerprint density at radius 1 is 1.14 bits per heavy atom. The number of anilines is 2. The van der Waals surface area contributed by atoms with Crippen LogP contribution in [0.15, 0.2) is 41.3 Å². The summed E-state index contributed by atoms with van der Waals surface area (Å²) in [5, 5.41) is 8.96. The Labute approximate surface area is 163 Å². The van der Waals surface area contributed by atoms with Crippen LogP contribution in [-0.4, -0.2) is 28.5 Å². The van der Waals surface area contributed by atoms with Gasteiger partial charge in [0.05, 0.1) is 33.7 Å². The summed E-state index contributed by atoms with van der Waals surface area (Å²) in [4.78, 5) is 12.0. The quantitative estimate of drug-likeness (QED) is 0.809. The minimum Gasteiger partial charge on any atom is -0.280 e. The van der Waals surface area contributed by atoms with E-state index >= 15 is 0 Å². The largest absolute Gasteiger partial charge is 0.280 e. The summed E-state index contributed by atoms with van der Waals surface area (Å²) < 4.78 is 53.2. The molecule has 0 atom stereocenters. The molecule has 0 radical (unpaired) electrons. The van der Waals surface area contributed by atoms with Crippen LogP contribution in [0.1, 0.15) is 23.1 Å². The van der Waals surface area contributed by atoms with Crippen molar-refractivity contribution in [2.75, 3.05) is 14.8 Å². The van der Waals surface area contributed by atoms with Crippen molar-refractivity contribution in [1.82, 2.24) is 0 Å². The lowest BCUT2D eigenvalue weighted by Crippen LogP contribution is -2.29. The first-order valence-electron chi connectivity index (χ1n) is 8.25. The molecule has 1 aliphatic heterocycles. The molecule has 146 valence electrons. The summed E-state index contributed by atoms with van der Waals surface area (Å²) in [7, 11) is -7.73. The number of nitrogens with zero attached hydrogens (tertiary/aromatic N) is 2. The number of sulfonamides is 2. The third-order valence-electron chi connectivity index (χ3n) is 4.27. The van der Waals surface area contributed by atoms with Gasteiger partial charge in [-0.25, -0.2) is 21.1 Å². The highest BCUT2D eigenvalue weighted by Crippen LogP contribution is 2.32. The molecule has 10 heteroatoms. The topological polar surface area (TPSA) is 124 Å². The van der Waals surface area contributed by atoms with E-state index in [0.29, 0.717) is 16.7 Å². The number of hydrogen-bond acceptors (Lipinski definition) is 6. The highest BCUT2D eigenvalue weighted by atomic mass is 32.2. The summed E-state index contributed by atoms with van der Waals surface area (Å²) in [5.74, 6) is -0.804. The highest BCUT2D eigenvalue weighted by molar-refractivity contribution is 7.94. The van der Waals surface area contributed by atoms with Crippen LogP contribution in [0.4, 0.5) is 11.4 Å². The van der Waals surface area contributed by atoms with E-state index in [4.69, 9.17) is 5.26 Å². The van der Waals surface area contributed by atoms with Crippen molar-refractivity contribution in [1.29, 1.82) is 5.26 Å². The van der Waals surface area contributed by atoms with Crippen molar-refractivity contribution in [3.05, 3.63) is 53.1 Å². The fourth-order valence-electron chi connectivity index (χ4n) is 3.20. The number of carbonyl (C=O) groups is 1. The van der Waals surface area contributed by atoms with Crippen molar-refractivity contribution in [2.45, 2.75) is 25.2 Å². The molecule has 0 unspecified atom stereocenters. The maximum absolute atomic E-state index is 12.9. The third-order valence-corrected chi connectivity index (χ3v) is 7.65. The second-order valence-corrected chi connectivity index (χ2v) is 9.99. The van der Waals surface area contributed by atoms with Crippen LogP contribution < -0.4 is 9.03 Å². The van der Waals surface area contributed by atoms with Crippen molar-refractivity contribution in [3.63, 3.8) is 0 Å². The first-order valence-corrected chi connectivity index (χ1v) is 11.3. The SMILES string of the molecule is Cc1cc(N2C(=O)CCS2(=O)=O)cc(C)c1S(=O)(=O)Nc1cccc(C#N)c1. The first kappa shape index (κ1) is 19.9. The van der Waals surface area contributed by atoms with E-state index in [0.717, 1.165) is 4.31 Å². The Morgan fingerprint density at radius 2 is 1.79 bits per heavy atom. The molecule has 0 aromatic heterocycles. The number of nitrogens with one attached hydrogen (secondary N) is 1. The molecule has 0 bridgehead atoms. The van der Waals surface area contributed by atoms with E-state index in [9.17, 15) is 21.6 Å². The van der Waals surface area contributed by atoms with Crippen LogP contribution in [0.2, 0.25) is 0 Å². The molecule has 0 spiro atoms. The number of benzene rings is 2. The number of hydrogen-bond donors (Lipinski definition) is 1. The van der Waals surface area contributed by atoms with Gasteiger partial charge in [0.1, 0.15) is 0 Å². The molecule has 3 rings (SSSR count). The predicted molar refractivity (Wildman–Crippen MR) is 104 cm³/mol. The van der Waals surface area contributed by atoms with Gasteiger partial charge in [0.2, 0.25) is 15.9 Å². The standard InChI is InChI=1S/C18H17N3O5S2/c1-12-8-16(21-17(22)6-7-27(21,23)24)9-13(2)18(12)28(25,26)20-15-5-3-4-14(10-15)11-19/h3-5,8-10,20H,6-7H2,1-2H3. The maximum atomic E-state index is 12.9. The minimum atomic E-state index is -3.99. The lowest BCUT2D eigenvalue weighted by atomic mass is 10.1. The molecular weight excluding hydrogens is 402 g/mol. The minimum absolute atomic E-state index is 0.0114. The number of nitriles is 1. The molecule has 1 amide bonds. The van der Waals surface area contributed by atoms with E-state index in [1.807, 2.05) is 6.07 Å². The van der Waals surface area contributed by atoms with Gasteiger partial charge in [-0.3, -0.25) is 9.52 Å². The second-order valence-electron chi connectivity index (χ2n) is 6.43. The van der Waals surface area contributed by atoms with Crippen LogP contribution in [0, 0.1) is 25.2 Å². The number of rotatable bonds is 4. The smallest absolute Gasteiger partial charge is 0.262 e. The van der Waals surface area contributed by atoms with Gasteiger partial charge in [-0.15, -0.1) is 0 Å². The molecule has 1 aliphatic rings. The lowest BCUT2D eigenvalue weighted by molar-refractivity contribution is -0.116. The summed E-state index contributed by atoms with van der Waals surface area (Å²) in [5.41, 5.74) is 1.27. The normalized spacial score (nSPS) is 16.0. The van der Waals surface area contributed by atoms with Gasteiger partial charge in [-0.2, -0.15) is 5.26 Å². The average Bonchev–Trinajstić information content (AvgIpc) is 2.86. The number of amides is 1. The molecule has 1 heterocycles. The van der Waals surface area contributed by atoms with Crippen molar-refractivity contribution in [2.24, 2.45) is 0 Å². The van der Waals surface area contributed by atoms with E-state index in [1.165, 1.54) is 38.1 Å². The summed E-state index contributed by atoms with van der Waals surface area (Å²) >= 11 is 0. The molecular formula is C18H17N3O5S2. The van der Waals surface area contributed by atoms with E-state index < -0.39 is 26.0 Å². The second kappa shape index (κ2) is 6.92. The number of aryl methyl sites for hydroxylation is 2. The van der Waals surface area contributed by atoms with E-state index in [2.05, 4.69) is 4.72 Å². The molecule has 1 N–H and O–H groups in total. The van der Waals surface area contributed by atoms with Crippen molar-refractivity contribution < 1.29 is 21.6 Å². The van der Waals surface area contributed by atoms with E-state index in [1.54, 1.807) is 12.1 Å². The van der Waals surface area contributed by atoms with Crippen LogP contribution in [0.5, 0.6) is 0 Å². The fourth-order valence-corrected chi connectivity index (χ4v) is 6.14. The lowest BCUT2D eigenvalue weighted by Gasteiger charge is -2.19. The van der Waals surface area contributed by atoms with Crippen LogP contribution in [0.25, 0.3) is 0 Å². The molecule has 1 fully saturated rings. The van der Waals surface area contributed by atoms with E-state index in [-0.39, 0.29) is 28.4 Å². The maximum Gasteiger partial charge on any atom is 0.262 e. The first-order chi connectivity index (χ1) is 13.0. The molecule has 0 saturated carbocycles. The van der Waals surface area contributed by atoms with Gasteiger partial charge >= 0.3 is 0 Å². The zero-order valence-corrected chi connectivity index (χ0v) is 16.8. The monoisotopic (exact) mass is 419 g/mol. The fraction of sp³-hybridized carbons (Fsp3) is 0.222. The highest BCUT2D eigenvalue weighted by Gasteiger charge is 2.37. The van der Waals surface area contributed by atoms with Gasteiger partial charge in [0.15, 0.2) is 0 Å². The van der Waals surface area contributed by atoms with Crippen molar-refractivity contribution >= 4 is 37.3 Å². The van der Waals surface area contributed by atoms with Crippen LogP contribution >= 0.6 is 0 Å². The number of carbonyl (C=O) groups excluding carboxylic acids is 1. The zero-order valence-electron chi connectivity index (χ0n) is 15.1. The molecule has 28 heavy (non-hydrogen) atoms. The predicted octanol–water partition coefficient (Wildman–Crippen LogP) is 2.04. The van der Waals surface area contributed by atoms with Crippen LogP contribution in [-0.2, 0) is 24.8 Å². The van der Waals surface area contributed by atoms with Gasteiger partial charge in [0.25, 0.3) is 10.0 Å². The summed E-state index contributed by atoms with van der Waals surface area (Å²) in [6, 6.07) is 10.7. The molecule has 2 aromatic rings. The van der Waals surface area contributed by atoms with Gasteiger partial charge in [-0.05, 0) is 55.3 Å². The Hall–Kier alpha value is -2.90. The Kier molecular flexibility index (Phi) is 4.91. The molecule has 2 aromatic carbocycles.